The van der Waals surface area contributed by atoms with Crippen molar-refractivity contribution in [2.24, 2.45) is 16.4 Å². The topological polar surface area (TPSA) is 35.9 Å². The van der Waals surface area contributed by atoms with E-state index < -0.39 is 17.4 Å². The van der Waals surface area contributed by atoms with Gasteiger partial charge in [0.25, 0.3) is 0 Å². The lowest BCUT2D eigenvalue weighted by Crippen LogP contribution is -2.27. The molecule has 0 bridgehead atoms. The highest BCUT2D eigenvalue weighted by Gasteiger charge is 2.30. The summed E-state index contributed by atoms with van der Waals surface area (Å²) < 4.78 is 29.1. The van der Waals surface area contributed by atoms with E-state index in [9.17, 15) is 13.6 Å². The first-order valence-electron chi connectivity index (χ1n) is 8.26. The highest BCUT2D eigenvalue weighted by atomic mass is 19.1. The van der Waals surface area contributed by atoms with Gasteiger partial charge in [0.1, 0.15) is 29.0 Å². The molecular weight excluding hydrogens is 324 g/mol. The first kappa shape index (κ1) is 19.1. The zero-order chi connectivity index (χ0) is 19.1. The van der Waals surface area contributed by atoms with Gasteiger partial charge in [0.2, 0.25) is 0 Å². The van der Waals surface area contributed by atoms with Crippen LogP contribution in [0.25, 0.3) is 0 Å². The van der Waals surface area contributed by atoms with E-state index in [1.54, 1.807) is 11.9 Å². The second kappa shape index (κ2) is 6.58. The third-order valence-corrected chi connectivity index (χ3v) is 3.95. The van der Waals surface area contributed by atoms with Crippen LogP contribution in [0.2, 0.25) is 0 Å². The summed E-state index contributed by atoms with van der Waals surface area (Å²) in [5.41, 5.74) is -0.596. The van der Waals surface area contributed by atoms with Gasteiger partial charge in [-0.3, -0.25) is 4.79 Å². The Morgan fingerprint density at radius 2 is 1.84 bits per heavy atom. The van der Waals surface area contributed by atoms with E-state index in [2.05, 4.69) is 11.7 Å². The molecule has 1 aliphatic heterocycles. The monoisotopic (exact) mass is 349 g/mol. The molecule has 0 radical (unpaired) electrons. The molecule has 0 saturated carbocycles. The maximum atomic E-state index is 14.6. The maximum Gasteiger partial charge on any atom is 0.166 e. The first-order chi connectivity index (χ1) is 11.4. The van der Waals surface area contributed by atoms with Crippen LogP contribution in [0.15, 0.2) is 29.6 Å². The standard InChI is InChI=1S/C19H25F2N3O/c1-11(2)18-22-24(12(3)23(18)7)16-9-14(20)13(8-15(16)21)17(25)10-19(4,5)6/h8-9,11H,3,10H2,1-2,4-7H3. The van der Waals surface area contributed by atoms with Gasteiger partial charge in [-0.2, -0.15) is 5.10 Å². The minimum absolute atomic E-state index is 0.0580. The SMILES string of the molecule is C=C1N(C)C(C(C)C)=NN1c1cc(F)c(C(=O)CC(C)(C)C)cc1F. The molecule has 0 spiro atoms. The van der Waals surface area contributed by atoms with Crippen LogP contribution < -0.4 is 5.01 Å². The van der Waals surface area contributed by atoms with Gasteiger partial charge in [-0.1, -0.05) is 41.2 Å². The Hall–Kier alpha value is -2.24. The number of hydrogen-bond acceptors (Lipinski definition) is 4. The van der Waals surface area contributed by atoms with Gasteiger partial charge >= 0.3 is 0 Å². The number of halogens is 2. The Morgan fingerprint density at radius 1 is 1.24 bits per heavy atom. The number of anilines is 1. The highest BCUT2D eigenvalue weighted by molar-refractivity contribution is 5.97. The summed E-state index contributed by atoms with van der Waals surface area (Å²) in [6.45, 7) is 13.4. The summed E-state index contributed by atoms with van der Waals surface area (Å²) >= 11 is 0. The molecular formula is C19H25F2N3O. The van der Waals surface area contributed by atoms with Gasteiger partial charge in [-0.25, -0.2) is 13.8 Å². The fraction of sp³-hybridized carbons (Fsp3) is 0.474. The number of carbonyl (C=O) groups is 1. The third kappa shape index (κ3) is 3.89. The first-order valence-corrected chi connectivity index (χ1v) is 8.26. The summed E-state index contributed by atoms with van der Waals surface area (Å²) in [4.78, 5) is 14.0. The average Bonchev–Trinajstić information content (AvgIpc) is 2.75. The second-order valence-corrected chi connectivity index (χ2v) is 7.84. The quantitative estimate of drug-likeness (QED) is 0.734. The number of hydrogen-bond donors (Lipinski definition) is 0. The molecule has 0 amide bonds. The second-order valence-electron chi connectivity index (χ2n) is 7.84. The lowest BCUT2D eigenvalue weighted by molar-refractivity contribution is 0.0935. The molecule has 4 nitrogen and oxygen atoms in total. The van der Waals surface area contributed by atoms with Crippen LogP contribution in [0.1, 0.15) is 51.4 Å². The number of nitrogens with zero attached hydrogens (tertiary/aromatic N) is 3. The number of benzene rings is 1. The van der Waals surface area contributed by atoms with Crippen molar-refractivity contribution in [2.75, 3.05) is 12.1 Å². The zero-order valence-electron chi connectivity index (χ0n) is 15.7. The van der Waals surface area contributed by atoms with Gasteiger partial charge in [0.05, 0.1) is 5.56 Å². The van der Waals surface area contributed by atoms with Crippen LogP contribution in [-0.2, 0) is 0 Å². The van der Waals surface area contributed by atoms with Crippen LogP contribution in [0.3, 0.4) is 0 Å². The molecule has 1 aromatic rings. The van der Waals surface area contributed by atoms with Crippen molar-refractivity contribution in [3.05, 3.63) is 41.7 Å². The molecule has 0 unspecified atom stereocenters. The predicted molar refractivity (Wildman–Crippen MR) is 96.4 cm³/mol. The van der Waals surface area contributed by atoms with Crippen molar-refractivity contribution in [3.63, 3.8) is 0 Å². The number of amidine groups is 1. The number of carbonyl (C=O) groups excluding carboxylic acids is 1. The molecule has 0 N–H and O–H groups in total. The van der Waals surface area contributed by atoms with E-state index in [1.807, 2.05) is 34.6 Å². The molecule has 1 heterocycles. The Labute approximate surface area is 147 Å². The van der Waals surface area contributed by atoms with Gasteiger partial charge < -0.3 is 4.90 Å². The Bertz CT molecular complexity index is 748. The third-order valence-electron chi connectivity index (χ3n) is 3.95. The van der Waals surface area contributed by atoms with E-state index >= 15 is 0 Å². The molecule has 2 rings (SSSR count). The minimum atomic E-state index is -0.755. The van der Waals surface area contributed by atoms with Crippen molar-refractivity contribution in [3.8, 4) is 0 Å². The van der Waals surface area contributed by atoms with Crippen LogP contribution in [0.5, 0.6) is 0 Å². The van der Waals surface area contributed by atoms with Crippen molar-refractivity contribution in [2.45, 2.75) is 41.0 Å². The summed E-state index contributed by atoms with van der Waals surface area (Å²) in [5, 5.41) is 5.61. The molecule has 0 saturated heterocycles. The number of hydrazone groups is 1. The molecule has 0 fully saturated rings. The van der Waals surface area contributed by atoms with E-state index in [-0.39, 0.29) is 29.0 Å². The number of rotatable bonds is 4. The highest BCUT2D eigenvalue weighted by Crippen LogP contribution is 2.32. The van der Waals surface area contributed by atoms with E-state index in [4.69, 9.17) is 0 Å². The lowest BCUT2D eigenvalue weighted by Gasteiger charge is -2.21. The normalized spacial score (nSPS) is 15.2. The molecule has 1 aliphatic rings. The van der Waals surface area contributed by atoms with Gasteiger partial charge in [0.15, 0.2) is 5.78 Å². The average molecular weight is 349 g/mol. The number of Topliss-reactive ketones (excluding diaryl/α,β-unsaturated/α-hetero) is 1. The van der Waals surface area contributed by atoms with Gasteiger partial charge in [-0.15, -0.1) is 0 Å². The Morgan fingerprint density at radius 3 is 2.32 bits per heavy atom. The van der Waals surface area contributed by atoms with Crippen molar-refractivity contribution >= 4 is 17.3 Å². The lowest BCUT2D eigenvalue weighted by atomic mass is 9.87. The summed E-state index contributed by atoms with van der Waals surface area (Å²) in [7, 11) is 1.77. The molecule has 1 aromatic carbocycles. The van der Waals surface area contributed by atoms with Crippen LogP contribution in [0.4, 0.5) is 14.5 Å². The molecule has 136 valence electrons. The summed E-state index contributed by atoms with van der Waals surface area (Å²) in [5.74, 6) is -0.642. The van der Waals surface area contributed by atoms with E-state index in [1.165, 1.54) is 5.01 Å². The fourth-order valence-electron chi connectivity index (χ4n) is 2.69. The summed E-state index contributed by atoms with van der Waals surface area (Å²) in [6, 6.07) is 1.96. The van der Waals surface area contributed by atoms with Crippen LogP contribution in [-0.4, -0.2) is 23.6 Å². The fourth-order valence-corrected chi connectivity index (χ4v) is 2.69. The minimum Gasteiger partial charge on any atom is -0.316 e. The van der Waals surface area contributed by atoms with Crippen molar-refractivity contribution in [1.82, 2.24) is 4.90 Å². The molecule has 6 heteroatoms. The van der Waals surface area contributed by atoms with Gasteiger partial charge in [-0.05, 0) is 11.5 Å². The molecule has 25 heavy (non-hydrogen) atoms. The molecule has 0 atom stereocenters. The van der Waals surface area contributed by atoms with E-state index in [0.29, 0.717) is 11.7 Å². The van der Waals surface area contributed by atoms with Crippen molar-refractivity contribution < 1.29 is 13.6 Å². The van der Waals surface area contributed by atoms with Gasteiger partial charge in [0, 0.05) is 25.5 Å². The summed E-state index contributed by atoms with van der Waals surface area (Å²) in [6.07, 6.45) is 0.136. The smallest absolute Gasteiger partial charge is 0.166 e. The number of ketones is 1. The Kier molecular flexibility index (Phi) is 5.02. The van der Waals surface area contributed by atoms with Crippen LogP contribution >= 0.6 is 0 Å². The molecule has 0 aromatic heterocycles. The van der Waals surface area contributed by atoms with E-state index in [0.717, 1.165) is 12.1 Å². The zero-order valence-corrected chi connectivity index (χ0v) is 15.7. The Balaban J connectivity index is 2.41. The van der Waals surface area contributed by atoms with Crippen molar-refractivity contribution in [1.29, 1.82) is 0 Å². The molecule has 0 aliphatic carbocycles. The van der Waals surface area contributed by atoms with Crippen LogP contribution in [0, 0.1) is 23.0 Å². The maximum absolute atomic E-state index is 14.6. The predicted octanol–water partition coefficient (Wildman–Crippen LogP) is 4.78. The largest absolute Gasteiger partial charge is 0.316 e.